The van der Waals surface area contributed by atoms with Gasteiger partial charge in [-0.05, 0) is 49.4 Å². The van der Waals surface area contributed by atoms with Gasteiger partial charge < -0.3 is 5.32 Å². The second-order valence-corrected chi connectivity index (χ2v) is 5.80. The molecular formula is C16H23F2N. The maximum Gasteiger partial charge on any atom is 0.126 e. The Morgan fingerprint density at radius 3 is 2.32 bits per heavy atom. The Morgan fingerprint density at radius 2 is 1.79 bits per heavy atom. The summed E-state index contributed by atoms with van der Waals surface area (Å²) in [4.78, 5) is 0. The van der Waals surface area contributed by atoms with E-state index >= 15 is 0 Å². The number of hydrogen-bond donors (Lipinski definition) is 1. The summed E-state index contributed by atoms with van der Waals surface area (Å²) in [5, 5.41) is 3.41. The summed E-state index contributed by atoms with van der Waals surface area (Å²) < 4.78 is 26.9. The highest BCUT2D eigenvalue weighted by Crippen LogP contribution is 2.49. The fourth-order valence-electron chi connectivity index (χ4n) is 3.18. The average Bonchev–Trinajstić information content (AvgIpc) is 2.31. The van der Waals surface area contributed by atoms with E-state index in [0.717, 1.165) is 50.4 Å². The van der Waals surface area contributed by atoms with Gasteiger partial charge in [0.1, 0.15) is 11.6 Å². The lowest BCUT2D eigenvalue weighted by Gasteiger charge is -2.48. The van der Waals surface area contributed by atoms with E-state index in [1.165, 1.54) is 12.1 Å². The summed E-state index contributed by atoms with van der Waals surface area (Å²) >= 11 is 0. The normalized spacial score (nSPS) is 26.2. The molecule has 0 aliphatic heterocycles. The number of benzene rings is 1. The minimum atomic E-state index is -0.468. The third-order valence-corrected chi connectivity index (χ3v) is 4.30. The van der Waals surface area contributed by atoms with Crippen LogP contribution in [-0.4, -0.2) is 13.1 Å². The Kier molecular flexibility index (Phi) is 4.56. The lowest BCUT2D eigenvalue weighted by atomic mass is 9.58. The van der Waals surface area contributed by atoms with Crippen molar-refractivity contribution >= 4 is 0 Å². The molecule has 1 aromatic rings. The number of nitrogens with one attached hydrogen (secondary N) is 1. The Balaban J connectivity index is 2.17. The van der Waals surface area contributed by atoms with Gasteiger partial charge in [-0.2, -0.15) is 0 Å². The van der Waals surface area contributed by atoms with Gasteiger partial charge in [0.05, 0.1) is 0 Å². The van der Waals surface area contributed by atoms with Crippen LogP contribution in [0.5, 0.6) is 0 Å². The average molecular weight is 267 g/mol. The molecule has 0 unspecified atom stereocenters. The van der Waals surface area contributed by atoms with Gasteiger partial charge in [-0.25, -0.2) is 8.78 Å². The number of halogens is 2. The van der Waals surface area contributed by atoms with Crippen LogP contribution >= 0.6 is 0 Å². The van der Waals surface area contributed by atoms with Crippen LogP contribution in [0.15, 0.2) is 18.2 Å². The fourth-order valence-corrected chi connectivity index (χ4v) is 3.18. The van der Waals surface area contributed by atoms with E-state index in [-0.39, 0.29) is 5.41 Å². The maximum absolute atomic E-state index is 13.4. The molecule has 19 heavy (non-hydrogen) atoms. The monoisotopic (exact) mass is 267 g/mol. The molecule has 0 amide bonds. The van der Waals surface area contributed by atoms with E-state index < -0.39 is 11.6 Å². The molecule has 0 heterocycles. The summed E-state index contributed by atoms with van der Waals surface area (Å²) in [5.41, 5.74) is 0.747. The Morgan fingerprint density at radius 1 is 1.16 bits per heavy atom. The number of rotatable bonds is 6. The highest BCUT2D eigenvalue weighted by molar-refractivity contribution is 5.31. The van der Waals surface area contributed by atoms with E-state index in [4.69, 9.17) is 0 Å². The van der Waals surface area contributed by atoms with Crippen LogP contribution in [0.4, 0.5) is 8.78 Å². The third kappa shape index (κ3) is 3.14. The zero-order chi connectivity index (χ0) is 13.9. The molecule has 0 radical (unpaired) electrons. The lowest BCUT2D eigenvalue weighted by Crippen LogP contribution is -2.48. The first-order valence-corrected chi connectivity index (χ1v) is 7.27. The van der Waals surface area contributed by atoms with Crippen LogP contribution in [0.1, 0.15) is 45.1 Å². The zero-order valence-corrected chi connectivity index (χ0v) is 11.8. The van der Waals surface area contributed by atoms with Crippen LogP contribution < -0.4 is 5.32 Å². The molecule has 2 rings (SSSR count). The molecule has 106 valence electrons. The zero-order valence-electron chi connectivity index (χ0n) is 11.8. The van der Waals surface area contributed by atoms with Gasteiger partial charge in [0.15, 0.2) is 0 Å². The molecule has 1 nitrogen and oxygen atoms in total. The summed E-state index contributed by atoms with van der Waals surface area (Å²) in [6, 6.07) is 3.96. The molecule has 1 aliphatic rings. The Bertz CT molecular complexity index is 405. The van der Waals surface area contributed by atoms with Crippen molar-refractivity contribution in [2.75, 3.05) is 13.1 Å². The number of hydrogen-bond acceptors (Lipinski definition) is 1. The van der Waals surface area contributed by atoms with Gasteiger partial charge in [0.2, 0.25) is 0 Å². The first-order valence-electron chi connectivity index (χ1n) is 7.27. The first kappa shape index (κ1) is 14.4. The highest BCUT2D eigenvalue weighted by Gasteiger charge is 2.44. The van der Waals surface area contributed by atoms with Gasteiger partial charge in [-0.1, -0.05) is 20.3 Å². The molecule has 1 saturated carbocycles. The summed E-state index contributed by atoms with van der Waals surface area (Å²) in [6.45, 7) is 6.08. The second kappa shape index (κ2) is 6.00. The predicted octanol–water partition coefficient (Wildman–Crippen LogP) is 4.02. The van der Waals surface area contributed by atoms with E-state index in [1.807, 2.05) is 0 Å². The second-order valence-electron chi connectivity index (χ2n) is 5.80. The molecule has 1 fully saturated rings. The largest absolute Gasteiger partial charge is 0.316 e. The van der Waals surface area contributed by atoms with Crippen molar-refractivity contribution in [1.29, 1.82) is 0 Å². The maximum atomic E-state index is 13.4. The summed E-state index contributed by atoms with van der Waals surface area (Å²) in [6.07, 6.45) is 4.28. The van der Waals surface area contributed by atoms with E-state index in [9.17, 15) is 8.78 Å². The van der Waals surface area contributed by atoms with Crippen molar-refractivity contribution in [1.82, 2.24) is 5.32 Å². The topological polar surface area (TPSA) is 12.0 Å². The van der Waals surface area contributed by atoms with Crippen LogP contribution in [0.3, 0.4) is 0 Å². The van der Waals surface area contributed by atoms with Crippen LogP contribution in [0.2, 0.25) is 0 Å². The molecule has 1 N–H and O–H groups in total. The van der Waals surface area contributed by atoms with Crippen LogP contribution in [-0.2, 0) is 5.41 Å². The summed E-state index contributed by atoms with van der Waals surface area (Å²) in [5.74, 6) is -0.246. The van der Waals surface area contributed by atoms with Crippen LogP contribution in [0, 0.1) is 17.6 Å². The van der Waals surface area contributed by atoms with Gasteiger partial charge in [0, 0.05) is 18.0 Å². The van der Waals surface area contributed by atoms with Gasteiger partial charge >= 0.3 is 0 Å². The molecule has 3 heteroatoms. The van der Waals surface area contributed by atoms with Gasteiger partial charge in [0.25, 0.3) is 0 Å². The summed E-state index contributed by atoms with van der Waals surface area (Å²) in [7, 11) is 0. The van der Waals surface area contributed by atoms with Crippen molar-refractivity contribution in [2.45, 2.75) is 44.9 Å². The van der Waals surface area contributed by atoms with Crippen molar-refractivity contribution in [3.8, 4) is 0 Å². The standard InChI is InChI=1S/C16H23F2N/c1-3-5-19-11-16(9-12(4-2)10-16)13-6-14(17)8-15(18)7-13/h6-8,12,19H,3-5,9-11H2,1-2H3. The molecule has 0 saturated heterocycles. The highest BCUT2D eigenvalue weighted by atomic mass is 19.1. The van der Waals surface area contributed by atoms with Crippen molar-refractivity contribution in [3.63, 3.8) is 0 Å². The molecule has 0 atom stereocenters. The molecule has 1 aliphatic carbocycles. The molecule has 0 bridgehead atoms. The molecular weight excluding hydrogens is 244 g/mol. The van der Waals surface area contributed by atoms with E-state index in [0.29, 0.717) is 5.92 Å². The van der Waals surface area contributed by atoms with Crippen LogP contribution in [0.25, 0.3) is 0 Å². The lowest BCUT2D eigenvalue weighted by molar-refractivity contribution is 0.133. The van der Waals surface area contributed by atoms with E-state index in [2.05, 4.69) is 19.2 Å². The van der Waals surface area contributed by atoms with Crippen molar-refractivity contribution < 1.29 is 8.78 Å². The predicted molar refractivity (Wildman–Crippen MR) is 74.2 cm³/mol. The Labute approximate surface area is 114 Å². The molecule has 0 aromatic heterocycles. The van der Waals surface area contributed by atoms with Crippen molar-refractivity contribution in [2.24, 2.45) is 5.92 Å². The SMILES string of the molecule is CCCNCC1(c2cc(F)cc(F)c2)CC(CC)C1. The van der Waals surface area contributed by atoms with E-state index in [1.54, 1.807) is 0 Å². The first-order chi connectivity index (χ1) is 9.09. The van der Waals surface area contributed by atoms with Gasteiger partial charge in [-0.15, -0.1) is 0 Å². The third-order valence-electron chi connectivity index (χ3n) is 4.30. The fraction of sp³-hybridized carbons (Fsp3) is 0.625. The quantitative estimate of drug-likeness (QED) is 0.768. The minimum Gasteiger partial charge on any atom is -0.316 e. The van der Waals surface area contributed by atoms with Crippen molar-refractivity contribution in [3.05, 3.63) is 35.4 Å². The molecule has 0 spiro atoms. The molecule has 1 aromatic carbocycles. The Hall–Kier alpha value is -0.960. The smallest absolute Gasteiger partial charge is 0.126 e. The van der Waals surface area contributed by atoms with Gasteiger partial charge in [-0.3, -0.25) is 0 Å². The minimum absolute atomic E-state index is 0.0706.